The van der Waals surface area contributed by atoms with E-state index in [-0.39, 0.29) is 5.56 Å². The summed E-state index contributed by atoms with van der Waals surface area (Å²) < 4.78 is 6.17. The lowest BCUT2D eigenvalue weighted by atomic mass is 10.1. The molecule has 3 aromatic rings. The molecule has 24 heavy (non-hydrogen) atoms. The van der Waals surface area contributed by atoms with Crippen LogP contribution < -0.4 is 5.56 Å². The van der Waals surface area contributed by atoms with Crippen LogP contribution in [0, 0.1) is 0 Å². The van der Waals surface area contributed by atoms with E-state index in [1.54, 1.807) is 22.9 Å². The van der Waals surface area contributed by atoms with E-state index in [4.69, 9.17) is 0 Å². The van der Waals surface area contributed by atoms with Crippen LogP contribution in [-0.2, 0) is 16.1 Å². The van der Waals surface area contributed by atoms with Crippen LogP contribution in [0.3, 0.4) is 0 Å². The molecular formula is C20H17NO3. The maximum absolute atomic E-state index is 12.5. The van der Waals surface area contributed by atoms with Crippen molar-refractivity contribution >= 4 is 22.8 Å². The predicted octanol–water partition coefficient (Wildman–Crippen LogP) is 3.24. The van der Waals surface area contributed by atoms with Gasteiger partial charge in [0.2, 0.25) is 0 Å². The highest BCUT2D eigenvalue weighted by Crippen LogP contribution is 2.16. The zero-order valence-electron chi connectivity index (χ0n) is 13.3. The van der Waals surface area contributed by atoms with Gasteiger partial charge in [-0.1, -0.05) is 36.4 Å². The molecule has 120 valence electrons. The summed E-state index contributed by atoms with van der Waals surface area (Å²) in [5, 5.41) is 2.31. The number of pyridine rings is 1. The van der Waals surface area contributed by atoms with Gasteiger partial charge in [-0.15, -0.1) is 0 Å². The fraction of sp³-hybridized carbons (Fsp3) is 0.100. The molecule has 0 amide bonds. The van der Waals surface area contributed by atoms with E-state index in [2.05, 4.69) is 29.0 Å². The predicted molar refractivity (Wildman–Crippen MR) is 94.8 cm³/mol. The highest BCUT2D eigenvalue weighted by Gasteiger charge is 2.03. The van der Waals surface area contributed by atoms with Gasteiger partial charge >= 0.3 is 5.97 Å². The Morgan fingerprint density at radius 3 is 2.67 bits per heavy atom. The Hall–Kier alpha value is -3.14. The molecule has 0 saturated carbocycles. The minimum atomic E-state index is -0.487. The second-order valence-corrected chi connectivity index (χ2v) is 5.43. The number of carbonyl (C=O) groups is 1. The molecule has 0 atom stereocenters. The van der Waals surface area contributed by atoms with Crippen LogP contribution in [0.5, 0.6) is 0 Å². The Balaban J connectivity index is 1.90. The Morgan fingerprint density at radius 1 is 1.08 bits per heavy atom. The summed E-state index contributed by atoms with van der Waals surface area (Å²) in [6.45, 7) is 0.476. The molecule has 0 saturated heterocycles. The van der Waals surface area contributed by atoms with Crippen molar-refractivity contribution in [1.82, 2.24) is 4.57 Å². The first-order chi connectivity index (χ1) is 11.7. The molecule has 0 aliphatic carbocycles. The Kier molecular flexibility index (Phi) is 4.57. The average Bonchev–Trinajstić information content (AvgIpc) is 2.62. The molecule has 0 aliphatic rings. The molecule has 0 fully saturated rings. The van der Waals surface area contributed by atoms with Gasteiger partial charge < -0.3 is 9.30 Å². The maximum atomic E-state index is 12.5. The quantitative estimate of drug-likeness (QED) is 0.548. The van der Waals surface area contributed by atoms with Gasteiger partial charge in [-0.05, 0) is 40.6 Å². The molecule has 3 rings (SSSR count). The van der Waals surface area contributed by atoms with E-state index in [1.807, 2.05) is 18.2 Å². The van der Waals surface area contributed by atoms with Gasteiger partial charge in [0.05, 0.1) is 13.7 Å². The highest BCUT2D eigenvalue weighted by molar-refractivity contribution is 5.86. The summed E-state index contributed by atoms with van der Waals surface area (Å²) in [7, 11) is 1.30. The van der Waals surface area contributed by atoms with Gasteiger partial charge in [0, 0.05) is 17.8 Å². The van der Waals surface area contributed by atoms with Gasteiger partial charge in [0.1, 0.15) is 0 Å². The first-order valence-electron chi connectivity index (χ1n) is 7.60. The number of ether oxygens (including phenoxy) is 1. The van der Waals surface area contributed by atoms with Crippen molar-refractivity contribution in [3.05, 3.63) is 88.4 Å². The zero-order valence-corrected chi connectivity index (χ0v) is 13.3. The van der Waals surface area contributed by atoms with Crippen molar-refractivity contribution in [2.75, 3.05) is 7.11 Å². The number of methoxy groups -OCH3 is 1. The van der Waals surface area contributed by atoms with Crippen LogP contribution in [0.25, 0.3) is 16.8 Å². The standard InChI is InChI=1S/C20H17NO3/c1-24-19(22)11-10-17-7-4-12-21(20(17)23)14-15-8-9-16-5-2-3-6-18(16)13-15/h2-13H,14H2,1H3/b11-10+. The summed E-state index contributed by atoms with van der Waals surface area (Å²) in [6, 6.07) is 17.7. The molecule has 4 nitrogen and oxygen atoms in total. The molecule has 0 N–H and O–H groups in total. The number of benzene rings is 2. The van der Waals surface area contributed by atoms with Crippen molar-refractivity contribution in [3.63, 3.8) is 0 Å². The van der Waals surface area contributed by atoms with E-state index < -0.39 is 5.97 Å². The third kappa shape index (κ3) is 3.43. The molecule has 2 aromatic carbocycles. The Bertz CT molecular complexity index is 970. The lowest BCUT2D eigenvalue weighted by Gasteiger charge is -2.08. The van der Waals surface area contributed by atoms with Gasteiger partial charge in [-0.3, -0.25) is 4.79 Å². The summed E-state index contributed by atoms with van der Waals surface area (Å²) >= 11 is 0. The van der Waals surface area contributed by atoms with Crippen molar-refractivity contribution in [2.45, 2.75) is 6.54 Å². The topological polar surface area (TPSA) is 48.3 Å². The van der Waals surface area contributed by atoms with Crippen molar-refractivity contribution in [3.8, 4) is 0 Å². The summed E-state index contributed by atoms with van der Waals surface area (Å²) in [5.41, 5.74) is 1.35. The molecule has 1 aromatic heterocycles. The molecule has 0 bridgehead atoms. The van der Waals surface area contributed by atoms with Gasteiger partial charge in [-0.2, -0.15) is 0 Å². The van der Waals surface area contributed by atoms with Crippen LogP contribution in [-0.4, -0.2) is 17.6 Å². The largest absolute Gasteiger partial charge is 0.466 e. The molecule has 0 aliphatic heterocycles. The zero-order chi connectivity index (χ0) is 16.9. The van der Waals surface area contributed by atoms with E-state index in [0.29, 0.717) is 12.1 Å². The monoisotopic (exact) mass is 319 g/mol. The molecule has 1 heterocycles. The van der Waals surface area contributed by atoms with Crippen LogP contribution in [0.4, 0.5) is 0 Å². The fourth-order valence-corrected chi connectivity index (χ4v) is 2.57. The number of nitrogens with zero attached hydrogens (tertiary/aromatic N) is 1. The minimum Gasteiger partial charge on any atom is -0.466 e. The number of aromatic nitrogens is 1. The third-order valence-corrected chi connectivity index (χ3v) is 3.82. The van der Waals surface area contributed by atoms with Crippen LogP contribution >= 0.6 is 0 Å². The second kappa shape index (κ2) is 6.96. The number of hydrogen-bond donors (Lipinski definition) is 0. The fourth-order valence-electron chi connectivity index (χ4n) is 2.57. The third-order valence-electron chi connectivity index (χ3n) is 3.82. The van der Waals surface area contributed by atoms with Crippen LogP contribution in [0.1, 0.15) is 11.1 Å². The molecule has 0 spiro atoms. The lowest BCUT2D eigenvalue weighted by Crippen LogP contribution is -2.21. The van der Waals surface area contributed by atoms with Gasteiger partial charge in [0.15, 0.2) is 0 Å². The summed E-state index contributed by atoms with van der Waals surface area (Å²) in [6.07, 6.45) is 4.47. The van der Waals surface area contributed by atoms with Gasteiger partial charge in [0.25, 0.3) is 5.56 Å². The number of rotatable bonds is 4. The van der Waals surface area contributed by atoms with Crippen molar-refractivity contribution in [1.29, 1.82) is 0 Å². The van der Waals surface area contributed by atoms with Crippen molar-refractivity contribution < 1.29 is 9.53 Å². The lowest BCUT2D eigenvalue weighted by molar-refractivity contribution is -0.134. The number of carbonyl (C=O) groups excluding carboxylic acids is 1. The number of fused-ring (bicyclic) bond motifs is 1. The molecular weight excluding hydrogens is 302 g/mol. The number of esters is 1. The maximum Gasteiger partial charge on any atom is 0.330 e. The normalized spacial score (nSPS) is 11.0. The molecule has 0 radical (unpaired) electrons. The van der Waals surface area contributed by atoms with E-state index in [1.165, 1.54) is 24.6 Å². The summed E-state index contributed by atoms with van der Waals surface area (Å²) in [4.78, 5) is 23.7. The molecule has 4 heteroatoms. The smallest absolute Gasteiger partial charge is 0.330 e. The van der Waals surface area contributed by atoms with E-state index >= 15 is 0 Å². The van der Waals surface area contributed by atoms with Crippen molar-refractivity contribution in [2.24, 2.45) is 0 Å². The van der Waals surface area contributed by atoms with E-state index in [0.717, 1.165) is 10.9 Å². The minimum absolute atomic E-state index is 0.147. The first kappa shape index (κ1) is 15.7. The Morgan fingerprint density at radius 2 is 1.88 bits per heavy atom. The average molecular weight is 319 g/mol. The highest BCUT2D eigenvalue weighted by atomic mass is 16.5. The van der Waals surface area contributed by atoms with Gasteiger partial charge in [-0.25, -0.2) is 4.79 Å². The SMILES string of the molecule is COC(=O)/C=C/c1cccn(Cc2ccc3ccccc3c2)c1=O. The van der Waals surface area contributed by atoms with Crippen LogP contribution in [0.15, 0.2) is 71.7 Å². The van der Waals surface area contributed by atoms with Crippen LogP contribution in [0.2, 0.25) is 0 Å². The second-order valence-electron chi connectivity index (χ2n) is 5.43. The first-order valence-corrected chi connectivity index (χ1v) is 7.60. The summed E-state index contributed by atoms with van der Waals surface area (Å²) in [5.74, 6) is -0.487. The van der Waals surface area contributed by atoms with E-state index in [9.17, 15) is 9.59 Å². The Labute approximate surface area is 139 Å². The number of hydrogen-bond acceptors (Lipinski definition) is 3. The molecule has 0 unspecified atom stereocenters.